The third-order valence-electron chi connectivity index (χ3n) is 3.90. The molecular weight excluding hydrogens is 362 g/mol. The van der Waals surface area contributed by atoms with Crippen molar-refractivity contribution in [3.63, 3.8) is 0 Å². The zero-order valence-electron chi connectivity index (χ0n) is 15.4. The second kappa shape index (κ2) is 11.4. The summed E-state index contributed by atoms with van der Waals surface area (Å²) in [6.45, 7) is 0.195. The number of ether oxygens (including phenoxy) is 2. The van der Waals surface area contributed by atoms with Gasteiger partial charge in [0.15, 0.2) is 0 Å². The second-order valence-electron chi connectivity index (χ2n) is 6.19. The van der Waals surface area contributed by atoms with Crippen molar-refractivity contribution in [2.45, 2.75) is 38.5 Å². The van der Waals surface area contributed by atoms with Gasteiger partial charge in [-0.25, -0.2) is 4.79 Å². The number of carboxylic acids is 1. The van der Waals surface area contributed by atoms with Crippen LogP contribution in [0.15, 0.2) is 60.7 Å². The van der Waals surface area contributed by atoms with Gasteiger partial charge in [-0.15, -0.1) is 0 Å². The average molecular weight is 385 g/mol. The first-order chi connectivity index (χ1) is 13.5. The Hall–Kier alpha value is -3.35. The SMILES string of the molecule is O=C(O)CCC(CC(=O)OCc1ccccc1)NC(=O)OCc1ccccc1. The van der Waals surface area contributed by atoms with Crippen LogP contribution in [0.4, 0.5) is 4.79 Å². The van der Waals surface area contributed by atoms with E-state index in [0.717, 1.165) is 11.1 Å². The number of carbonyl (C=O) groups is 3. The minimum Gasteiger partial charge on any atom is -0.481 e. The largest absolute Gasteiger partial charge is 0.481 e. The Labute approximate surface area is 163 Å². The fourth-order valence-electron chi connectivity index (χ4n) is 2.45. The van der Waals surface area contributed by atoms with Crippen LogP contribution in [0.3, 0.4) is 0 Å². The van der Waals surface area contributed by atoms with Gasteiger partial charge in [0.25, 0.3) is 0 Å². The Balaban J connectivity index is 1.82. The van der Waals surface area contributed by atoms with E-state index in [1.54, 1.807) is 0 Å². The molecule has 1 amide bonds. The average Bonchev–Trinajstić information content (AvgIpc) is 2.70. The molecule has 2 N–H and O–H groups in total. The van der Waals surface area contributed by atoms with E-state index in [0.29, 0.717) is 0 Å². The second-order valence-corrected chi connectivity index (χ2v) is 6.19. The molecule has 0 spiro atoms. The molecule has 2 aromatic rings. The van der Waals surface area contributed by atoms with E-state index in [9.17, 15) is 14.4 Å². The molecule has 0 aliphatic carbocycles. The third kappa shape index (κ3) is 8.35. The highest BCUT2D eigenvalue weighted by atomic mass is 16.5. The highest BCUT2D eigenvalue weighted by molar-refractivity contribution is 5.73. The van der Waals surface area contributed by atoms with Crippen molar-refractivity contribution in [2.75, 3.05) is 0 Å². The van der Waals surface area contributed by atoms with E-state index in [2.05, 4.69) is 5.32 Å². The number of hydrogen-bond donors (Lipinski definition) is 2. The van der Waals surface area contributed by atoms with Gasteiger partial charge in [0.2, 0.25) is 0 Å². The summed E-state index contributed by atoms with van der Waals surface area (Å²) in [7, 11) is 0. The highest BCUT2D eigenvalue weighted by Gasteiger charge is 2.19. The minimum absolute atomic E-state index is 0.0801. The molecule has 0 saturated heterocycles. The summed E-state index contributed by atoms with van der Waals surface area (Å²) in [5.74, 6) is -1.54. The summed E-state index contributed by atoms with van der Waals surface area (Å²) >= 11 is 0. The number of amides is 1. The molecule has 2 rings (SSSR count). The molecule has 148 valence electrons. The molecule has 0 aliphatic heterocycles. The van der Waals surface area contributed by atoms with Crippen molar-refractivity contribution in [1.29, 1.82) is 0 Å². The number of rotatable bonds is 10. The summed E-state index contributed by atoms with van der Waals surface area (Å²) in [6.07, 6.45) is -0.943. The Kier molecular flexibility index (Phi) is 8.52. The van der Waals surface area contributed by atoms with E-state index in [4.69, 9.17) is 14.6 Å². The number of nitrogens with one attached hydrogen (secondary N) is 1. The monoisotopic (exact) mass is 385 g/mol. The summed E-state index contributed by atoms with van der Waals surface area (Å²) < 4.78 is 10.3. The van der Waals surface area contributed by atoms with Crippen LogP contribution in [0, 0.1) is 0 Å². The molecule has 7 heteroatoms. The van der Waals surface area contributed by atoms with Crippen molar-refractivity contribution >= 4 is 18.0 Å². The summed E-state index contributed by atoms with van der Waals surface area (Å²) in [5, 5.41) is 11.4. The van der Waals surface area contributed by atoms with Gasteiger partial charge in [0.05, 0.1) is 6.42 Å². The fourth-order valence-corrected chi connectivity index (χ4v) is 2.45. The van der Waals surface area contributed by atoms with Gasteiger partial charge < -0.3 is 19.9 Å². The number of hydrogen-bond acceptors (Lipinski definition) is 5. The van der Waals surface area contributed by atoms with Crippen molar-refractivity contribution in [1.82, 2.24) is 5.32 Å². The maximum absolute atomic E-state index is 12.1. The number of alkyl carbamates (subject to hydrolysis) is 1. The maximum atomic E-state index is 12.1. The molecule has 0 aromatic heterocycles. The fraction of sp³-hybridized carbons (Fsp3) is 0.286. The van der Waals surface area contributed by atoms with Crippen molar-refractivity contribution < 1.29 is 29.0 Å². The Bertz CT molecular complexity index is 705. The lowest BCUT2D eigenvalue weighted by Gasteiger charge is -2.17. The van der Waals surface area contributed by atoms with Crippen molar-refractivity contribution in [3.05, 3.63) is 71.8 Å². The van der Waals surface area contributed by atoms with Crippen molar-refractivity contribution in [2.24, 2.45) is 0 Å². The minimum atomic E-state index is -1.01. The topological polar surface area (TPSA) is 102 Å². The van der Waals surface area contributed by atoms with Gasteiger partial charge in [-0.2, -0.15) is 0 Å². The Morgan fingerprint density at radius 2 is 1.39 bits per heavy atom. The van der Waals surface area contributed by atoms with Crippen LogP contribution in [0.2, 0.25) is 0 Å². The third-order valence-corrected chi connectivity index (χ3v) is 3.90. The summed E-state index contributed by atoms with van der Waals surface area (Å²) in [6, 6.07) is 17.6. The van der Waals surface area contributed by atoms with Gasteiger partial charge in [0.1, 0.15) is 13.2 Å². The van der Waals surface area contributed by atoms with Crippen LogP contribution in [-0.4, -0.2) is 29.2 Å². The highest BCUT2D eigenvalue weighted by Crippen LogP contribution is 2.08. The van der Waals surface area contributed by atoms with Crippen LogP contribution in [0.1, 0.15) is 30.4 Å². The molecule has 2 aromatic carbocycles. The van der Waals surface area contributed by atoms with Crippen LogP contribution in [-0.2, 0) is 32.3 Å². The van der Waals surface area contributed by atoms with Gasteiger partial charge in [-0.05, 0) is 17.5 Å². The Morgan fingerprint density at radius 3 is 1.93 bits per heavy atom. The van der Waals surface area contributed by atoms with Crippen LogP contribution in [0.5, 0.6) is 0 Å². The van der Waals surface area contributed by atoms with E-state index in [1.165, 1.54) is 0 Å². The van der Waals surface area contributed by atoms with Gasteiger partial charge >= 0.3 is 18.0 Å². The molecule has 0 heterocycles. The molecule has 0 fully saturated rings. The zero-order chi connectivity index (χ0) is 20.2. The van der Waals surface area contributed by atoms with E-state index >= 15 is 0 Å². The molecule has 0 saturated carbocycles. The number of carbonyl (C=O) groups excluding carboxylic acids is 2. The van der Waals surface area contributed by atoms with E-state index in [1.807, 2.05) is 60.7 Å². The molecule has 0 radical (unpaired) electrons. The smallest absolute Gasteiger partial charge is 0.407 e. The molecule has 0 bridgehead atoms. The number of aliphatic carboxylic acids is 1. The predicted molar refractivity (Wildman–Crippen MR) is 101 cm³/mol. The van der Waals surface area contributed by atoms with E-state index < -0.39 is 24.1 Å². The van der Waals surface area contributed by atoms with Gasteiger partial charge in [-0.3, -0.25) is 9.59 Å². The van der Waals surface area contributed by atoms with Crippen LogP contribution >= 0.6 is 0 Å². The standard InChI is InChI=1S/C21H23NO6/c23-19(24)12-11-18(13-20(25)27-14-16-7-3-1-4-8-16)22-21(26)28-15-17-9-5-2-6-10-17/h1-10,18H,11-15H2,(H,22,26)(H,23,24). The first-order valence-corrected chi connectivity index (χ1v) is 8.91. The molecular formula is C21H23NO6. The molecule has 0 aliphatic rings. The van der Waals surface area contributed by atoms with Crippen molar-refractivity contribution in [3.8, 4) is 0 Å². The molecule has 28 heavy (non-hydrogen) atoms. The van der Waals surface area contributed by atoms with Gasteiger partial charge in [-0.1, -0.05) is 60.7 Å². The number of carboxylic acid groups (broad SMARTS) is 1. The quantitative estimate of drug-likeness (QED) is 0.609. The lowest BCUT2D eigenvalue weighted by atomic mass is 10.1. The lowest BCUT2D eigenvalue weighted by molar-refractivity contribution is -0.146. The molecule has 1 unspecified atom stereocenters. The lowest BCUT2D eigenvalue weighted by Crippen LogP contribution is -2.37. The van der Waals surface area contributed by atoms with Gasteiger partial charge in [0, 0.05) is 12.5 Å². The number of esters is 1. The van der Waals surface area contributed by atoms with Crippen LogP contribution < -0.4 is 5.32 Å². The van der Waals surface area contributed by atoms with E-state index in [-0.39, 0.29) is 32.5 Å². The van der Waals surface area contributed by atoms with Crippen LogP contribution in [0.25, 0.3) is 0 Å². The first-order valence-electron chi connectivity index (χ1n) is 8.91. The molecule has 1 atom stereocenters. The first kappa shape index (κ1) is 21.0. The predicted octanol–water partition coefficient (Wildman–Crippen LogP) is 3.28. The number of benzene rings is 2. The zero-order valence-corrected chi connectivity index (χ0v) is 15.4. The summed E-state index contributed by atoms with van der Waals surface area (Å²) in [5.41, 5.74) is 1.66. The molecule has 7 nitrogen and oxygen atoms in total. The maximum Gasteiger partial charge on any atom is 0.407 e. The summed E-state index contributed by atoms with van der Waals surface area (Å²) in [4.78, 5) is 34.9. The Morgan fingerprint density at radius 1 is 0.857 bits per heavy atom. The normalized spacial score (nSPS) is 11.3.